The number of rotatable bonds is 6. The molecule has 0 saturated heterocycles. The number of Topliss-reactive ketones (excluding diaryl/α,β-unsaturated/α-hetero) is 1. The lowest BCUT2D eigenvalue weighted by Crippen LogP contribution is -2.24. The first-order valence-electron chi connectivity index (χ1n) is 6.96. The summed E-state index contributed by atoms with van der Waals surface area (Å²) < 4.78 is 28.4. The molecule has 1 atom stereocenters. The predicted molar refractivity (Wildman–Crippen MR) is 77.4 cm³/mol. The molecule has 0 aliphatic carbocycles. The van der Waals surface area contributed by atoms with Crippen LogP contribution in [0.25, 0.3) is 0 Å². The molecule has 4 nitrogen and oxygen atoms in total. The zero-order valence-corrected chi connectivity index (χ0v) is 12.5. The second-order valence-corrected chi connectivity index (χ2v) is 7.48. The number of ether oxygens (including phenoxy) is 1. The van der Waals surface area contributed by atoms with E-state index in [2.05, 4.69) is 0 Å². The number of hydrogen-bond acceptors (Lipinski definition) is 4. The van der Waals surface area contributed by atoms with Crippen molar-refractivity contribution in [1.82, 2.24) is 0 Å². The summed E-state index contributed by atoms with van der Waals surface area (Å²) in [6.45, 7) is 2.17. The van der Waals surface area contributed by atoms with Gasteiger partial charge >= 0.3 is 0 Å². The first-order valence-corrected chi connectivity index (χ1v) is 8.78. The predicted octanol–water partition coefficient (Wildman–Crippen LogP) is 2.08. The molecule has 1 aromatic carbocycles. The lowest BCUT2D eigenvalue weighted by atomic mass is 9.94. The Morgan fingerprint density at radius 1 is 1.35 bits per heavy atom. The monoisotopic (exact) mass is 296 g/mol. The van der Waals surface area contributed by atoms with E-state index in [4.69, 9.17) is 4.74 Å². The van der Waals surface area contributed by atoms with Gasteiger partial charge in [-0.15, -0.1) is 0 Å². The van der Waals surface area contributed by atoms with Gasteiger partial charge in [0.25, 0.3) is 0 Å². The quantitative estimate of drug-likeness (QED) is 0.806. The summed E-state index contributed by atoms with van der Waals surface area (Å²) >= 11 is 0. The SMILES string of the molecule is CCS(=O)(=O)CCCC(=O)C1OCCc2ccccc21. The van der Waals surface area contributed by atoms with Crippen molar-refractivity contribution in [1.29, 1.82) is 0 Å². The van der Waals surface area contributed by atoms with Gasteiger partial charge in [0.2, 0.25) is 0 Å². The highest BCUT2D eigenvalue weighted by molar-refractivity contribution is 7.91. The topological polar surface area (TPSA) is 60.4 Å². The van der Waals surface area contributed by atoms with Crippen molar-refractivity contribution in [3.8, 4) is 0 Å². The van der Waals surface area contributed by atoms with Crippen LogP contribution in [0.3, 0.4) is 0 Å². The van der Waals surface area contributed by atoms with Crippen molar-refractivity contribution in [2.75, 3.05) is 18.1 Å². The van der Waals surface area contributed by atoms with Crippen LogP contribution in [0, 0.1) is 0 Å². The molecule has 0 spiro atoms. The van der Waals surface area contributed by atoms with Gasteiger partial charge in [-0.05, 0) is 24.0 Å². The maximum atomic E-state index is 12.2. The van der Waals surface area contributed by atoms with Crippen LogP contribution in [0.5, 0.6) is 0 Å². The number of ketones is 1. The van der Waals surface area contributed by atoms with Gasteiger partial charge in [-0.1, -0.05) is 31.2 Å². The molecule has 1 aliphatic rings. The molecular formula is C15H20O4S. The van der Waals surface area contributed by atoms with Gasteiger partial charge in [0, 0.05) is 12.2 Å². The Kier molecular flexibility index (Phi) is 4.94. The van der Waals surface area contributed by atoms with E-state index in [-0.39, 0.29) is 23.7 Å². The van der Waals surface area contributed by atoms with E-state index in [1.165, 1.54) is 0 Å². The third-order valence-electron chi connectivity index (χ3n) is 3.60. The molecule has 20 heavy (non-hydrogen) atoms. The van der Waals surface area contributed by atoms with Gasteiger partial charge in [-0.25, -0.2) is 8.42 Å². The van der Waals surface area contributed by atoms with Crippen LogP contribution >= 0.6 is 0 Å². The number of sulfone groups is 1. The van der Waals surface area contributed by atoms with E-state index in [1.54, 1.807) is 6.92 Å². The Labute approximate surface area is 120 Å². The van der Waals surface area contributed by atoms with Crippen LogP contribution in [0.1, 0.15) is 37.0 Å². The molecule has 0 radical (unpaired) electrons. The van der Waals surface area contributed by atoms with Crippen LogP contribution < -0.4 is 0 Å². The number of benzene rings is 1. The van der Waals surface area contributed by atoms with Crippen LogP contribution in [-0.4, -0.2) is 32.3 Å². The third-order valence-corrected chi connectivity index (χ3v) is 5.39. The summed E-state index contributed by atoms with van der Waals surface area (Å²) in [5.41, 5.74) is 2.08. The molecule has 1 heterocycles. The first kappa shape index (κ1) is 15.2. The van der Waals surface area contributed by atoms with Crippen LogP contribution in [0.2, 0.25) is 0 Å². The molecule has 2 rings (SSSR count). The average molecular weight is 296 g/mol. The van der Waals surface area contributed by atoms with Crippen molar-refractivity contribution < 1.29 is 17.9 Å². The van der Waals surface area contributed by atoms with Crippen molar-refractivity contribution in [3.63, 3.8) is 0 Å². The minimum atomic E-state index is -3.00. The maximum Gasteiger partial charge on any atom is 0.166 e. The highest BCUT2D eigenvalue weighted by Gasteiger charge is 2.26. The minimum absolute atomic E-state index is 0.0246. The molecule has 0 saturated carbocycles. The van der Waals surface area contributed by atoms with E-state index in [0.717, 1.165) is 17.5 Å². The average Bonchev–Trinajstić information content (AvgIpc) is 2.46. The van der Waals surface area contributed by atoms with E-state index >= 15 is 0 Å². The largest absolute Gasteiger partial charge is 0.365 e. The molecule has 0 bridgehead atoms. The molecule has 110 valence electrons. The molecule has 0 aromatic heterocycles. The number of hydrogen-bond donors (Lipinski definition) is 0. The highest BCUT2D eigenvalue weighted by atomic mass is 32.2. The van der Waals surface area contributed by atoms with Crippen molar-refractivity contribution in [2.24, 2.45) is 0 Å². The molecule has 1 unspecified atom stereocenters. The van der Waals surface area contributed by atoms with E-state index < -0.39 is 15.9 Å². The fourth-order valence-electron chi connectivity index (χ4n) is 2.40. The molecule has 5 heteroatoms. The van der Waals surface area contributed by atoms with Crippen molar-refractivity contribution in [2.45, 2.75) is 32.3 Å². The fourth-order valence-corrected chi connectivity index (χ4v) is 3.28. The van der Waals surface area contributed by atoms with Crippen molar-refractivity contribution in [3.05, 3.63) is 35.4 Å². The summed E-state index contributed by atoms with van der Waals surface area (Å²) in [5, 5.41) is 0. The summed E-state index contributed by atoms with van der Waals surface area (Å²) in [6, 6.07) is 7.79. The normalized spacial score (nSPS) is 18.6. The Bertz CT molecular complexity index is 577. The molecule has 1 aromatic rings. The lowest BCUT2D eigenvalue weighted by molar-refractivity contribution is -0.131. The van der Waals surface area contributed by atoms with Gasteiger partial charge in [-0.2, -0.15) is 0 Å². The Morgan fingerprint density at radius 2 is 2.10 bits per heavy atom. The summed E-state index contributed by atoms with van der Waals surface area (Å²) in [4.78, 5) is 12.2. The van der Waals surface area contributed by atoms with Gasteiger partial charge in [-0.3, -0.25) is 4.79 Å². The standard InChI is InChI=1S/C15H20O4S/c1-2-20(17,18)11-5-8-14(16)15-13-7-4-3-6-12(13)9-10-19-15/h3-4,6-7,15H,2,5,8-11H2,1H3. The van der Waals surface area contributed by atoms with Crippen LogP contribution in [0.15, 0.2) is 24.3 Å². The zero-order valence-electron chi connectivity index (χ0n) is 11.7. The van der Waals surface area contributed by atoms with Gasteiger partial charge in [0.05, 0.1) is 12.4 Å². The van der Waals surface area contributed by atoms with Gasteiger partial charge < -0.3 is 4.74 Å². The summed E-state index contributed by atoms with van der Waals surface area (Å²) in [5.74, 6) is 0.177. The third kappa shape index (κ3) is 3.67. The van der Waals surface area contributed by atoms with E-state index in [1.807, 2.05) is 24.3 Å². The fraction of sp³-hybridized carbons (Fsp3) is 0.533. The van der Waals surface area contributed by atoms with Crippen molar-refractivity contribution >= 4 is 15.6 Å². The van der Waals surface area contributed by atoms with E-state index in [0.29, 0.717) is 13.0 Å². The number of fused-ring (bicyclic) bond motifs is 1. The Hall–Kier alpha value is -1.20. The molecular weight excluding hydrogens is 276 g/mol. The molecule has 0 amide bonds. The summed E-state index contributed by atoms with van der Waals surface area (Å²) in [7, 11) is -3.00. The highest BCUT2D eigenvalue weighted by Crippen LogP contribution is 2.28. The molecule has 1 aliphatic heterocycles. The summed E-state index contributed by atoms with van der Waals surface area (Å²) in [6.07, 6.45) is 0.920. The lowest BCUT2D eigenvalue weighted by Gasteiger charge is -2.25. The second kappa shape index (κ2) is 6.50. The Morgan fingerprint density at radius 3 is 2.85 bits per heavy atom. The number of carbonyl (C=O) groups excluding carboxylic acids is 1. The van der Waals surface area contributed by atoms with Gasteiger partial charge in [0.1, 0.15) is 15.9 Å². The second-order valence-electron chi connectivity index (χ2n) is 5.01. The Balaban J connectivity index is 1.97. The van der Waals surface area contributed by atoms with Crippen LogP contribution in [-0.2, 0) is 25.8 Å². The minimum Gasteiger partial charge on any atom is -0.365 e. The first-order chi connectivity index (χ1) is 9.53. The van der Waals surface area contributed by atoms with E-state index in [9.17, 15) is 13.2 Å². The zero-order chi connectivity index (χ0) is 14.6. The smallest absolute Gasteiger partial charge is 0.166 e. The molecule has 0 fully saturated rings. The number of carbonyl (C=O) groups is 1. The van der Waals surface area contributed by atoms with Gasteiger partial charge in [0.15, 0.2) is 5.78 Å². The maximum absolute atomic E-state index is 12.2. The van der Waals surface area contributed by atoms with Crippen LogP contribution in [0.4, 0.5) is 0 Å². The molecule has 0 N–H and O–H groups in total.